The van der Waals surface area contributed by atoms with E-state index in [1.165, 1.54) is 24.2 Å². The molecule has 0 aliphatic heterocycles. The average Bonchev–Trinajstić information content (AvgIpc) is 2.89. The Bertz CT molecular complexity index is 538. The summed E-state index contributed by atoms with van der Waals surface area (Å²) in [5.74, 6) is 0.0644. The lowest BCUT2D eigenvalue weighted by molar-refractivity contribution is 0.0995. The molecule has 122 valence electrons. The van der Waals surface area contributed by atoms with Crippen LogP contribution in [-0.2, 0) is 0 Å². The molecule has 1 aromatic heterocycles. The van der Waals surface area contributed by atoms with Crippen LogP contribution in [0.1, 0.15) is 42.5 Å². The smallest absolute Gasteiger partial charge is 0.321 e. The number of carbonyl (C=O) groups is 2. The zero-order chi connectivity index (χ0) is 16.1. The summed E-state index contributed by atoms with van der Waals surface area (Å²) in [7, 11) is 3.22. The molecule has 0 spiro atoms. The van der Waals surface area contributed by atoms with Crippen LogP contribution in [0, 0.1) is 5.92 Å². The molecule has 2 rings (SSSR count). The van der Waals surface area contributed by atoms with Crippen molar-refractivity contribution in [3.8, 4) is 5.88 Å². The number of anilines is 1. The standard InChI is InChI=1S/C14H22N4O3S/c1-18(2)14(20)16-13-10(11(15)19)12(17-22-13)21-8-9-6-4-3-5-7-9/h9H,3-8H2,1-2H3,(H2,15,19)(H,16,20). The molecule has 1 heterocycles. The van der Waals surface area contributed by atoms with Gasteiger partial charge in [0.05, 0.1) is 6.61 Å². The number of carbonyl (C=O) groups excluding carboxylic acids is 2. The van der Waals surface area contributed by atoms with E-state index in [2.05, 4.69) is 9.69 Å². The molecule has 22 heavy (non-hydrogen) atoms. The fourth-order valence-corrected chi connectivity index (χ4v) is 3.17. The maximum atomic E-state index is 11.7. The molecule has 1 saturated carbocycles. The Hall–Kier alpha value is -1.83. The number of amides is 3. The molecule has 1 aliphatic carbocycles. The highest BCUT2D eigenvalue weighted by atomic mass is 32.1. The predicted molar refractivity (Wildman–Crippen MR) is 85.4 cm³/mol. The van der Waals surface area contributed by atoms with Crippen molar-refractivity contribution in [3.05, 3.63) is 5.56 Å². The second kappa shape index (κ2) is 7.44. The van der Waals surface area contributed by atoms with E-state index in [1.54, 1.807) is 14.1 Å². The number of nitrogens with zero attached hydrogens (tertiary/aromatic N) is 2. The van der Waals surface area contributed by atoms with E-state index < -0.39 is 5.91 Å². The van der Waals surface area contributed by atoms with Crippen molar-refractivity contribution in [2.45, 2.75) is 32.1 Å². The van der Waals surface area contributed by atoms with Gasteiger partial charge in [-0.05, 0) is 30.3 Å². The first kappa shape index (κ1) is 16.5. The van der Waals surface area contributed by atoms with Crippen LogP contribution in [0.15, 0.2) is 0 Å². The summed E-state index contributed by atoms with van der Waals surface area (Å²) in [6.07, 6.45) is 6.00. The SMILES string of the molecule is CN(C)C(=O)Nc1snc(OCC2CCCCC2)c1C(N)=O. The first-order valence-corrected chi connectivity index (χ1v) is 8.17. The molecule has 7 nitrogen and oxygen atoms in total. The lowest BCUT2D eigenvalue weighted by Gasteiger charge is -2.21. The van der Waals surface area contributed by atoms with Crippen molar-refractivity contribution in [1.29, 1.82) is 0 Å². The molecule has 0 saturated heterocycles. The highest BCUT2D eigenvalue weighted by molar-refractivity contribution is 7.11. The van der Waals surface area contributed by atoms with Crippen molar-refractivity contribution in [3.63, 3.8) is 0 Å². The van der Waals surface area contributed by atoms with Crippen molar-refractivity contribution in [1.82, 2.24) is 9.27 Å². The number of hydrogen-bond donors (Lipinski definition) is 2. The van der Waals surface area contributed by atoms with Crippen LogP contribution in [-0.4, -0.2) is 41.9 Å². The Labute approximate surface area is 134 Å². The molecule has 0 unspecified atom stereocenters. The average molecular weight is 326 g/mol. The van der Waals surface area contributed by atoms with Crippen molar-refractivity contribution >= 4 is 28.5 Å². The van der Waals surface area contributed by atoms with Crippen LogP contribution < -0.4 is 15.8 Å². The summed E-state index contributed by atoms with van der Waals surface area (Å²) in [6, 6.07) is -0.343. The normalized spacial score (nSPS) is 15.4. The summed E-state index contributed by atoms with van der Waals surface area (Å²) >= 11 is 1.00. The zero-order valence-corrected chi connectivity index (χ0v) is 13.7. The minimum atomic E-state index is -0.651. The summed E-state index contributed by atoms with van der Waals surface area (Å²) in [6.45, 7) is 0.533. The van der Waals surface area contributed by atoms with Crippen LogP contribution in [0.4, 0.5) is 9.80 Å². The molecular weight excluding hydrogens is 304 g/mol. The topological polar surface area (TPSA) is 97.6 Å². The molecule has 0 bridgehead atoms. The first-order valence-electron chi connectivity index (χ1n) is 7.39. The van der Waals surface area contributed by atoms with Gasteiger partial charge in [0, 0.05) is 14.1 Å². The Morgan fingerprint density at radius 3 is 2.64 bits per heavy atom. The quantitative estimate of drug-likeness (QED) is 0.867. The lowest BCUT2D eigenvalue weighted by atomic mass is 9.90. The van der Waals surface area contributed by atoms with Crippen LogP contribution in [0.25, 0.3) is 0 Å². The lowest BCUT2D eigenvalue weighted by Crippen LogP contribution is -2.28. The molecule has 1 fully saturated rings. The number of ether oxygens (including phenoxy) is 1. The fourth-order valence-electron chi connectivity index (χ4n) is 2.44. The van der Waals surface area contributed by atoms with Crippen LogP contribution in [0.2, 0.25) is 0 Å². The zero-order valence-electron chi connectivity index (χ0n) is 12.9. The molecule has 0 aromatic carbocycles. The Morgan fingerprint density at radius 2 is 2.05 bits per heavy atom. The van der Waals surface area contributed by atoms with E-state index in [0.29, 0.717) is 17.5 Å². The number of primary amides is 1. The molecule has 1 aliphatic rings. The highest BCUT2D eigenvalue weighted by Gasteiger charge is 2.23. The third kappa shape index (κ3) is 4.09. The molecular formula is C14H22N4O3S. The van der Waals surface area contributed by atoms with Gasteiger partial charge in [-0.1, -0.05) is 19.3 Å². The number of urea groups is 1. The van der Waals surface area contributed by atoms with E-state index in [0.717, 1.165) is 24.4 Å². The van der Waals surface area contributed by atoms with Crippen molar-refractivity contribution in [2.24, 2.45) is 11.7 Å². The van der Waals surface area contributed by atoms with Gasteiger partial charge >= 0.3 is 6.03 Å². The summed E-state index contributed by atoms with van der Waals surface area (Å²) in [5.41, 5.74) is 5.55. The van der Waals surface area contributed by atoms with E-state index in [1.807, 2.05) is 0 Å². The number of nitrogens with one attached hydrogen (secondary N) is 1. The Kier molecular flexibility index (Phi) is 5.59. The second-order valence-corrected chi connectivity index (χ2v) is 6.47. The Balaban J connectivity index is 2.05. The van der Waals surface area contributed by atoms with E-state index >= 15 is 0 Å². The van der Waals surface area contributed by atoms with Gasteiger partial charge in [0.1, 0.15) is 10.6 Å². The number of hydrogen-bond acceptors (Lipinski definition) is 5. The van der Waals surface area contributed by atoms with Crippen molar-refractivity contribution < 1.29 is 14.3 Å². The van der Waals surface area contributed by atoms with Crippen LogP contribution in [0.3, 0.4) is 0 Å². The van der Waals surface area contributed by atoms with Gasteiger partial charge in [-0.3, -0.25) is 10.1 Å². The molecule has 1 aromatic rings. The van der Waals surface area contributed by atoms with E-state index in [4.69, 9.17) is 10.5 Å². The van der Waals surface area contributed by atoms with Crippen molar-refractivity contribution in [2.75, 3.05) is 26.0 Å². The van der Waals surface area contributed by atoms with E-state index in [9.17, 15) is 9.59 Å². The number of aromatic nitrogens is 1. The maximum Gasteiger partial charge on any atom is 0.321 e. The van der Waals surface area contributed by atoms with Gasteiger partial charge < -0.3 is 15.4 Å². The molecule has 3 amide bonds. The largest absolute Gasteiger partial charge is 0.476 e. The summed E-state index contributed by atoms with van der Waals surface area (Å²) in [4.78, 5) is 24.7. The van der Waals surface area contributed by atoms with Gasteiger partial charge in [0.2, 0.25) is 5.88 Å². The third-order valence-electron chi connectivity index (χ3n) is 3.71. The predicted octanol–water partition coefficient (Wildman–Crippen LogP) is 2.29. The molecule has 8 heteroatoms. The molecule has 3 N–H and O–H groups in total. The van der Waals surface area contributed by atoms with Crippen LogP contribution >= 0.6 is 11.5 Å². The van der Waals surface area contributed by atoms with Gasteiger partial charge in [-0.2, -0.15) is 4.37 Å². The Morgan fingerprint density at radius 1 is 1.36 bits per heavy atom. The first-order chi connectivity index (χ1) is 10.5. The number of rotatable bonds is 5. The minimum Gasteiger partial charge on any atom is -0.476 e. The number of nitrogens with two attached hydrogens (primary N) is 1. The van der Waals surface area contributed by atoms with Crippen LogP contribution in [0.5, 0.6) is 5.88 Å². The van der Waals surface area contributed by atoms with Gasteiger partial charge in [-0.15, -0.1) is 0 Å². The third-order valence-corrected chi connectivity index (χ3v) is 4.46. The van der Waals surface area contributed by atoms with Gasteiger partial charge in [0.25, 0.3) is 5.91 Å². The summed E-state index contributed by atoms with van der Waals surface area (Å²) < 4.78 is 9.81. The van der Waals surface area contributed by atoms with Gasteiger partial charge in [0.15, 0.2) is 0 Å². The highest BCUT2D eigenvalue weighted by Crippen LogP contribution is 2.32. The van der Waals surface area contributed by atoms with Gasteiger partial charge in [-0.25, -0.2) is 4.79 Å². The molecule has 0 atom stereocenters. The second-order valence-electron chi connectivity index (χ2n) is 5.70. The monoisotopic (exact) mass is 326 g/mol. The molecule has 0 radical (unpaired) electrons. The summed E-state index contributed by atoms with van der Waals surface area (Å²) in [5, 5.41) is 2.94. The van der Waals surface area contributed by atoms with E-state index in [-0.39, 0.29) is 17.5 Å². The fraction of sp³-hybridized carbons (Fsp3) is 0.643. The maximum absolute atomic E-state index is 11.7. The minimum absolute atomic E-state index is 0.149.